The van der Waals surface area contributed by atoms with Crippen LogP contribution >= 0.6 is 0 Å². The number of rotatable bonds is 8. The molecule has 1 atom stereocenters. The monoisotopic (exact) mass is 514 g/mol. The van der Waals surface area contributed by atoms with E-state index in [4.69, 9.17) is 8.83 Å². The molecular formula is C29H30N4O5. The quantitative estimate of drug-likeness (QED) is 0.319. The Bertz CT molecular complexity index is 1420. The first-order valence-electron chi connectivity index (χ1n) is 12.9. The fourth-order valence-corrected chi connectivity index (χ4v) is 4.91. The van der Waals surface area contributed by atoms with Gasteiger partial charge in [0.05, 0.1) is 0 Å². The van der Waals surface area contributed by atoms with Gasteiger partial charge < -0.3 is 24.8 Å². The highest BCUT2D eigenvalue weighted by Crippen LogP contribution is 2.27. The third kappa shape index (κ3) is 5.61. The van der Waals surface area contributed by atoms with Crippen LogP contribution in [0.4, 0.5) is 0 Å². The first-order valence-corrected chi connectivity index (χ1v) is 12.9. The standard InChI is InChI=1S/C29H30N4O5/c1-30-29(36)26(19-7-3-2-4-8-19)33-28(35)24-12-11-23(38-24)21-15-18(13-14-31-21)17-32-27(34)25-16-20-9-5-6-10-22(20)37-25/h5-6,9-16,19,26H,2-4,7-8,17H2,1H3,(H,30,36)(H,32,34)(H,33,35). The zero-order chi connectivity index (χ0) is 26.5. The highest BCUT2D eigenvalue weighted by atomic mass is 16.4. The van der Waals surface area contributed by atoms with Crippen molar-refractivity contribution in [1.82, 2.24) is 20.9 Å². The third-order valence-electron chi connectivity index (χ3n) is 6.95. The lowest BCUT2D eigenvalue weighted by Crippen LogP contribution is -2.50. The minimum absolute atomic E-state index is 0.107. The van der Waals surface area contributed by atoms with Gasteiger partial charge in [0.25, 0.3) is 11.8 Å². The third-order valence-corrected chi connectivity index (χ3v) is 6.95. The van der Waals surface area contributed by atoms with E-state index in [9.17, 15) is 14.4 Å². The molecule has 38 heavy (non-hydrogen) atoms. The predicted octanol–water partition coefficient (Wildman–Crippen LogP) is 4.44. The van der Waals surface area contributed by atoms with Crippen LogP contribution in [0.15, 0.2) is 69.6 Å². The van der Waals surface area contributed by atoms with Gasteiger partial charge in [0.1, 0.15) is 17.3 Å². The normalized spacial score (nSPS) is 14.7. The van der Waals surface area contributed by atoms with E-state index >= 15 is 0 Å². The highest BCUT2D eigenvalue weighted by molar-refractivity contribution is 5.96. The number of pyridine rings is 1. The Morgan fingerprint density at radius 3 is 2.55 bits per heavy atom. The number of carbonyl (C=O) groups is 3. The summed E-state index contributed by atoms with van der Waals surface area (Å²) in [6, 6.07) is 15.4. The number of hydrogen-bond acceptors (Lipinski definition) is 6. The van der Waals surface area contributed by atoms with Crippen molar-refractivity contribution in [2.45, 2.75) is 44.7 Å². The number of carbonyl (C=O) groups excluding carboxylic acids is 3. The van der Waals surface area contributed by atoms with E-state index < -0.39 is 11.9 Å². The molecule has 1 fully saturated rings. The van der Waals surface area contributed by atoms with Gasteiger partial charge >= 0.3 is 0 Å². The molecule has 4 aromatic rings. The molecule has 1 saturated carbocycles. The van der Waals surface area contributed by atoms with E-state index in [1.165, 1.54) is 0 Å². The van der Waals surface area contributed by atoms with E-state index in [1.54, 1.807) is 43.6 Å². The number of furan rings is 2. The van der Waals surface area contributed by atoms with Gasteiger partial charge in [0.15, 0.2) is 17.3 Å². The van der Waals surface area contributed by atoms with Crippen LogP contribution < -0.4 is 16.0 Å². The minimum Gasteiger partial charge on any atom is -0.451 e. The van der Waals surface area contributed by atoms with E-state index in [0.29, 0.717) is 17.0 Å². The average Bonchev–Trinajstić information content (AvgIpc) is 3.63. The van der Waals surface area contributed by atoms with Crippen molar-refractivity contribution < 1.29 is 23.2 Å². The molecule has 5 rings (SSSR count). The van der Waals surface area contributed by atoms with Crippen LogP contribution in [0.1, 0.15) is 58.8 Å². The average molecular weight is 515 g/mol. The maximum absolute atomic E-state index is 12.9. The summed E-state index contributed by atoms with van der Waals surface area (Å²) < 4.78 is 11.4. The number of nitrogens with one attached hydrogen (secondary N) is 3. The Morgan fingerprint density at radius 1 is 0.947 bits per heavy atom. The summed E-state index contributed by atoms with van der Waals surface area (Å²) in [5.41, 5.74) is 1.98. The molecule has 0 radical (unpaired) electrons. The van der Waals surface area contributed by atoms with Crippen molar-refractivity contribution in [1.29, 1.82) is 0 Å². The molecule has 196 valence electrons. The molecule has 9 nitrogen and oxygen atoms in total. The molecule has 1 unspecified atom stereocenters. The molecule has 1 aliphatic rings. The Balaban J connectivity index is 1.23. The van der Waals surface area contributed by atoms with E-state index in [2.05, 4.69) is 20.9 Å². The summed E-state index contributed by atoms with van der Waals surface area (Å²) in [7, 11) is 1.58. The number of aromatic nitrogens is 1. The van der Waals surface area contributed by atoms with Crippen molar-refractivity contribution in [2.24, 2.45) is 5.92 Å². The van der Waals surface area contributed by atoms with Crippen LogP contribution in [-0.2, 0) is 11.3 Å². The molecule has 0 spiro atoms. The van der Waals surface area contributed by atoms with E-state index in [-0.39, 0.29) is 35.8 Å². The van der Waals surface area contributed by atoms with Gasteiger partial charge in [-0.1, -0.05) is 37.5 Å². The zero-order valence-corrected chi connectivity index (χ0v) is 21.2. The number of fused-ring (bicyclic) bond motifs is 1. The fraction of sp³-hybridized carbons (Fsp3) is 0.310. The van der Waals surface area contributed by atoms with E-state index in [0.717, 1.165) is 43.1 Å². The Kier molecular flexibility index (Phi) is 7.53. The van der Waals surface area contributed by atoms with Crippen molar-refractivity contribution in [3.63, 3.8) is 0 Å². The molecule has 9 heteroatoms. The van der Waals surface area contributed by atoms with Crippen LogP contribution in [0.25, 0.3) is 22.4 Å². The topological polar surface area (TPSA) is 126 Å². The lowest BCUT2D eigenvalue weighted by Gasteiger charge is -2.29. The molecule has 1 aromatic carbocycles. The molecule has 1 aliphatic carbocycles. The van der Waals surface area contributed by atoms with Crippen LogP contribution in [0.3, 0.4) is 0 Å². The Hall–Kier alpha value is -4.40. The number of hydrogen-bond donors (Lipinski definition) is 3. The second kappa shape index (κ2) is 11.3. The second-order valence-electron chi connectivity index (χ2n) is 9.51. The second-order valence-corrected chi connectivity index (χ2v) is 9.51. The number of likely N-dealkylation sites (N-methyl/N-ethyl adjacent to an activating group) is 1. The lowest BCUT2D eigenvalue weighted by molar-refractivity contribution is -0.124. The Morgan fingerprint density at radius 2 is 1.76 bits per heavy atom. The van der Waals surface area contributed by atoms with Gasteiger partial charge in [0.2, 0.25) is 5.91 Å². The molecule has 0 bridgehead atoms. The summed E-state index contributed by atoms with van der Waals surface area (Å²) >= 11 is 0. The number of benzene rings is 1. The summed E-state index contributed by atoms with van der Waals surface area (Å²) in [6.45, 7) is 0.259. The maximum Gasteiger partial charge on any atom is 0.287 e. The molecule has 3 heterocycles. The first-order chi connectivity index (χ1) is 18.5. The molecule has 3 aromatic heterocycles. The molecule has 3 N–H and O–H groups in total. The SMILES string of the molecule is CNC(=O)C(NC(=O)c1ccc(-c2cc(CNC(=O)c3cc4ccccc4o3)ccn2)o1)C1CCCCC1. The minimum atomic E-state index is -0.599. The fourth-order valence-electron chi connectivity index (χ4n) is 4.91. The van der Waals surface area contributed by atoms with Crippen molar-refractivity contribution in [3.8, 4) is 11.5 Å². The van der Waals surface area contributed by atoms with Crippen LogP contribution in [0.5, 0.6) is 0 Å². The maximum atomic E-state index is 12.9. The summed E-state index contributed by atoms with van der Waals surface area (Å²) in [6.07, 6.45) is 6.70. The largest absolute Gasteiger partial charge is 0.451 e. The van der Waals surface area contributed by atoms with Crippen LogP contribution in [0, 0.1) is 5.92 Å². The molecule has 0 aliphatic heterocycles. The Labute approximate surface area is 220 Å². The van der Waals surface area contributed by atoms with E-state index in [1.807, 2.05) is 24.3 Å². The van der Waals surface area contributed by atoms with Gasteiger partial charge in [-0.15, -0.1) is 0 Å². The molecule has 0 saturated heterocycles. The van der Waals surface area contributed by atoms with Crippen LogP contribution in [0.2, 0.25) is 0 Å². The smallest absolute Gasteiger partial charge is 0.287 e. The van der Waals surface area contributed by atoms with Crippen molar-refractivity contribution in [2.75, 3.05) is 7.05 Å². The van der Waals surface area contributed by atoms with Crippen molar-refractivity contribution in [3.05, 3.63) is 77.9 Å². The number of para-hydroxylation sites is 1. The van der Waals surface area contributed by atoms with Gasteiger partial charge in [-0.2, -0.15) is 0 Å². The van der Waals surface area contributed by atoms with Crippen molar-refractivity contribution >= 4 is 28.7 Å². The number of amides is 3. The summed E-state index contributed by atoms with van der Waals surface area (Å²) in [5.74, 6) is -0.0912. The van der Waals surface area contributed by atoms with Gasteiger partial charge in [-0.25, -0.2) is 0 Å². The first kappa shape index (κ1) is 25.3. The van der Waals surface area contributed by atoms with Gasteiger partial charge in [-0.05, 0) is 60.7 Å². The summed E-state index contributed by atoms with van der Waals surface area (Å²) in [5, 5.41) is 9.25. The van der Waals surface area contributed by atoms with Crippen LogP contribution in [-0.4, -0.2) is 35.8 Å². The zero-order valence-electron chi connectivity index (χ0n) is 21.2. The predicted molar refractivity (Wildman–Crippen MR) is 141 cm³/mol. The summed E-state index contributed by atoms with van der Waals surface area (Å²) in [4.78, 5) is 42.4. The highest BCUT2D eigenvalue weighted by Gasteiger charge is 2.31. The van der Waals surface area contributed by atoms with Gasteiger partial charge in [0, 0.05) is 25.2 Å². The number of nitrogens with zero attached hydrogens (tertiary/aromatic N) is 1. The van der Waals surface area contributed by atoms with Gasteiger partial charge in [-0.3, -0.25) is 19.4 Å². The lowest BCUT2D eigenvalue weighted by atomic mass is 9.83. The molecule has 3 amide bonds. The molecular weight excluding hydrogens is 484 g/mol.